The molecule has 5 nitrogen and oxygen atoms in total. The number of ether oxygens (including phenoxy) is 1. The number of halogens is 1. The maximum Gasteiger partial charge on any atom is 0.305 e. The molecule has 0 aromatic carbocycles. The van der Waals surface area contributed by atoms with Crippen LogP contribution in [-0.2, 0) is 15.1 Å². The Bertz CT molecular complexity index is 463. The fourth-order valence-electron chi connectivity index (χ4n) is 2.45. The normalized spacial score (nSPS) is 19.9. The molecule has 0 aliphatic carbocycles. The van der Waals surface area contributed by atoms with E-state index in [9.17, 15) is 9.18 Å². The molecule has 1 aromatic heterocycles. The maximum atomic E-state index is 13.3. The van der Waals surface area contributed by atoms with Crippen molar-refractivity contribution in [3.8, 4) is 0 Å². The van der Waals surface area contributed by atoms with Crippen molar-refractivity contribution in [1.82, 2.24) is 9.88 Å². The molecule has 0 spiro atoms. The average molecular weight is 268 g/mol. The SMILES string of the molecule is CC(CC(=O)O)(c1cncc(F)c1)N1CCOCC1. The van der Waals surface area contributed by atoms with Gasteiger partial charge in [0.25, 0.3) is 0 Å². The van der Waals surface area contributed by atoms with E-state index in [0.29, 0.717) is 31.9 Å². The largest absolute Gasteiger partial charge is 0.481 e. The first-order chi connectivity index (χ1) is 9.02. The van der Waals surface area contributed by atoms with Gasteiger partial charge in [0.15, 0.2) is 0 Å². The van der Waals surface area contributed by atoms with Crippen LogP contribution in [0, 0.1) is 5.82 Å². The van der Waals surface area contributed by atoms with Crippen molar-refractivity contribution in [2.45, 2.75) is 18.9 Å². The summed E-state index contributed by atoms with van der Waals surface area (Å²) < 4.78 is 18.6. The fraction of sp³-hybridized carbons (Fsp3) is 0.538. The number of morpholine rings is 1. The summed E-state index contributed by atoms with van der Waals surface area (Å²) in [5.74, 6) is -1.37. The molecule has 1 saturated heterocycles. The van der Waals surface area contributed by atoms with Crippen molar-refractivity contribution >= 4 is 5.97 Å². The van der Waals surface area contributed by atoms with Gasteiger partial charge in [-0.05, 0) is 18.6 Å². The number of hydrogen-bond acceptors (Lipinski definition) is 4. The summed E-state index contributed by atoms with van der Waals surface area (Å²) in [6, 6.07) is 1.35. The molecule has 6 heteroatoms. The van der Waals surface area contributed by atoms with Gasteiger partial charge in [-0.2, -0.15) is 0 Å². The molecule has 0 radical (unpaired) electrons. The van der Waals surface area contributed by atoms with E-state index < -0.39 is 17.3 Å². The van der Waals surface area contributed by atoms with Crippen molar-refractivity contribution in [2.24, 2.45) is 0 Å². The third-order valence-corrected chi connectivity index (χ3v) is 3.53. The standard InChI is InChI=1S/C13H17FN2O3/c1-13(7-12(17)18,16-2-4-19-5-3-16)10-6-11(14)9-15-8-10/h6,8-9H,2-5,7H2,1H3,(H,17,18). The van der Waals surface area contributed by atoms with Gasteiger partial charge in [0.2, 0.25) is 0 Å². The minimum atomic E-state index is -0.918. The Hall–Kier alpha value is -1.53. The van der Waals surface area contributed by atoms with Gasteiger partial charge < -0.3 is 9.84 Å². The number of pyridine rings is 1. The number of rotatable bonds is 4. The van der Waals surface area contributed by atoms with E-state index in [1.165, 1.54) is 12.3 Å². The Morgan fingerprint density at radius 3 is 2.79 bits per heavy atom. The van der Waals surface area contributed by atoms with E-state index in [1.54, 1.807) is 0 Å². The lowest BCUT2D eigenvalue weighted by molar-refractivity contribution is -0.141. The molecule has 2 rings (SSSR count). The summed E-state index contributed by atoms with van der Waals surface area (Å²) in [4.78, 5) is 17.0. The van der Waals surface area contributed by atoms with Crippen LogP contribution >= 0.6 is 0 Å². The molecule has 1 unspecified atom stereocenters. The fourth-order valence-corrected chi connectivity index (χ4v) is 2.45. The van der Waals surface area contributed by atoms with Crippen LogP contribution in [0.3, 0.4) is 0 Å². The molecular weight excluding hydrogens is 251 g/mol. The van der Waals surface area contributed by atoms with Gasteiger partial charge in [-0.3, -0.25) is 14.7 Å². The summed E-state index contributed by atoms with van der Waals surface area (Å²) in [6.07, 6.45) is 2.55. The van der Waals surface area contributed by atoms with E-state index in [4.69, 9.17) is 9.84 Å². The first kappa shape index (κ1) is 13.9. The summed E-state index contributed by atoms with van der Waals surface area (Å²) in [7, 11) is 0. The molecule has 1 aliphatic heterocycles. The maximum absolute atomic E-state index is 13.3. The van der Waals surface area contributed by atoms with E-state index in [0.717, 1.165) is 6.20 Å². The lowest BCUT2D eigenvalue weighted by atomic mass is 9.87. The molecule has 0 saturated carbocycles. The molecule has 2 heterocycles. The zero-order valence-corrected chi connectivity index (χ0v) is 10.8. The highest BCUT2D eigenvalue weighted by atomic mass is 19.1. The molecule has 1 N–H and O–H groups in total. The second-order valence-corrected chi connectivity index (χ2v) is 4.84. The Morgan fingerprint density at radius 2 is 2.21 bits per heavy atom. The topological polar surface area (TPSA) is 62.7 Å². The molecule has 0 bridgehead atoms. The van der Waals surface area contributed by atoms with Crippen molar-refractivity contribution in [3.05, 3.63) is 29.8 Å². The molecular formula is C13H17FN2O3. The first-order valence-electron chi connectivity index (χ1n) is 6.18. The van der Waals surface area contributed by atoms with Crippen molar-refractivity contribution in [3.63, 3.8) is 0 Å². The molecule has 104 valence electrons. The highest BCUT2D eigenvalue weighted by Gasteiger charge is 2.37. The van der Waals surface area contributed by atoms with Gasteiger partial charge in [0.05, 0.1) is 31.4 Å². The summed E-state index contributed by atoms with van der Waals surface area (Å²) in [5, 5.41) is 9.14. The summed E-state index contributed by atoms with van der Waals surface area (Å²) >= 11 is 0. The van der Waals surface area contributed by atoms with Crippen LogP contribution in [0.2, 0.25) is 0 Å². The van der Waals surface area contributed by atoms with Gasteiger partial charge >= 0.3 is 5.97 Å². The van der Waals surface area contributed by atoms with Gasteiger partial charge in [-0.15, -0.1) is 0 Å². The Morgan fingerprint density at radius 1 is 1.53 bits per heavy atom. The van der Waals surface area contributed by atoms with E-state index in [1.807, 2.05) is 11.8 Å². The van der Waals surface area contributed by atoms with Crippen LogP contribution in [0.4, 0.5) is 4.39 Å². The van der Waals surface area contributed by atoms with Crippen LogP contribution in [0.15, 0.2) is 18.5 Å². The van der Waals surface area contributed by atoms with Crippen LogP contribution in [0.5, 0.6) is 0 Å². The quantitative estimate of drug-likeness (QED) is 0.890. The number of hydrogen-bond donors (Lipinski definition) is 1. The zero-order valence-electron chi connectivity index (χ0n) is 10.8. The molecule has 1 aromatic rings. The van der Waals surface area contributed by atoms with Crippen molar-refractivity contribution < 1.29 is 19.0 Å². The Labute approximate surface area is 111 Å². The smallest absolute Gasteiger partial charge is 0.305 e. The summed E-state index contributed by atoms with van der Waals surface area (Å²) in [6.45, 7) is 4.17. The van der Waals surface area contributed by atoms with E-state index >= 15 is 0 Å². The van der Waals surface area contributed by atoms with Crippen LogP contribution in [0.25, 0.3) is 0 Å². The zero-order chi connectivity index (χ0) is 13.9. The van der Waals surface area contributed by atoms with Crippen molar-refractivity contribution in [1.29, 1.82) is 0 Å². The third-order valence-electron chi connectivity index (χ3n) is 3.53. The minimum Gasteiger partial charge on any atom is -0.481 e. The van der Waals surface area contributed by atoms with Gasteiger partial charge in [-0.25, -0.2) is 4.39 Å². The first-order valence-corrected chi connectivity index (χ1v) is 6.18. The number of carboxylic acids is 1. The van der Waals surface area contributed by atoms with Crippen LogP contribution in [-0.4, -0.2) is 47.3 Å². The Balaban J connectivity index is 2.35. The highest BCUT2D eigenvalue weighted by molar-refractivity contribution is 5.68. The van der Waals surface area contributed by atoms with Crippen molar-refractivity contribution in [2.75, 3.05) is 26.3 Å². The van der Waals surface area contributed by atoms with E-state index in [2.05, 4.69) is 4.98 Å². The molecule has 0 amide bonds. The minimum absolute atomic E-state index is 0.0991. The summed E-state index contributed by atoms with van der Waals surface area (Å²) in [5.41, 5.74) is -0.193. The predicted octanol–water partition coefficient (Wildman–Crippen LogP) is 1.24. The number of aromatic nitrogens is 1. The Kier molecular flexibility index (Phi) is 4.11. The lowest BCUT2D eigenvalue weighted by Gasteiger charge is -2.42. The molecule has 1 fully saturated rings. The molecule has 1 atom stereocenters. The number of nitrogens with zero attached hydrogens (tertiary/aromatic N) is 2. The van der Waals surface area contributed by atoms with Gasteiger partial charge in [0.1, 0.15) is 5.82 Å². The number of carboxylic acid groups (broad SMARTS) is 1. The number of aliphatic carboxylic acids is 1. The molecule has 19 heavy (non-hydrogen) atoms. The van der Waals surface area contributed by atoms with Gasteiger partial charge in [0, 0.05) is 19.3 Å². The monoisotopic (exact) mass is 268 g/mol. The van der Waals surface area contributed by atoms with E-state index in [-0.39, 0.29) is 6.42 Å². The van der Waals surface area contributed by atoms with Crippen LogP contribution in [0.1, 0.15) is 18.9 Å². The number of carbonyl (C=O) groups is 1. The van der Waals surface area contributed by atoms with Crippen LogP contribution < -0.4 is 0 Å². The second kappa shape index (κ2) is 5.63. The average Bonchev–Trinajstić information content (AvgIpc) is 2.39. The second-order valence-electron chi connectivity index (χ2n) is 4.84. The molecule has 1 aliphatic rings. The highest BCUT2D eigenvalue weighted by Crippen LogP contribution is 2.32. The lowest BCUT2D eigenvalue weighted by Crippen LogP contribution is -2.50. The van der Waals surface area contributed by atoms with Gasteiger partial charge in [-0.1, -0.05) is 0 Å². The predicted molar refractivity (Wildman–Crippen MR) is 66.2 cm³/mol. The third kappa shape index (κ3) is 3.08.